The van der Waals surface area contributed by atoms with Gasteiger partial charge in [0.15, 0.2) is 0 Å². The van der Waals surface area contributed by atoms with Gasteiger partial charge in [-0.3, -0.25) is 0 Å². The zero-order chi connectivity index (χ0) is 17.0. The van der Waals surface area contributed by atoms with Crippen molar-refractivity contribution in [1.29, 1.82) is 0 Å². The SMILES string of the molecule is C[SiH](C)[Zr]([Cl])([Cl])([CH]1C=CC2=C1CCCC2)[CH]1C=CC2=C1CCCC2. The summed E-state index contributed by atoms with van der Waals surface area (Å²) in [6, 6.07) is 0. The number of hydrogen-bond donors (Lipinski definition) is 0. The summed E-state index contributed by atoms with van der Waals surface area (Å²) in [7, 11) is 15.7. The molecule has 0 spiro atoms. The second-order valence-electron chi connectivity index (χ2n) is 8.57. The minimum absolute atomic E-state index is 0.417. The third kappa shape index (κ3) is 2.54. The Kier molecular flexibility index (Phi) is 4.78. The van der Waals surface area contributed by atoms with E-state index in [0.29, 0.717) is 7.25 Å². The Hall–Kier alpha value is 0.640. The van der Waals surface area contributed by atoms with Crippen molar-refractivity contribution in [3.05, 3.63) is 46.6 Å². The molecule has 4 rings (SSSR count). The van der Waals surface area contributed by atoms with Gasteiger partial charge in [-0.15, -0.1) is 0 Å². The molecule has 0 fully saturated rings. The average molecular weight is 460 g/mol. The van der Waals surface area contributed by atoms with Gasteiger partial charge in [-0.2, -0.15) is 0 Å². The Morgan fingerprint density at radius 3 is 1.62 bits per heavy atom. The monoisotopic (exact) mass is 457 g/mol. The van der Waals surface area contributed by atoms with Crippen molar-refractivity contribution >= 4 is 22.9 Å². The van der Waals surface area contributed by atoms with Crippen LogP contribution in [0.15, 0.2) is 46.6 Å². The van der Waals surface area contributed by atoms with Crippen LogP contribution in [0, 0.1) is 0 Å². The molecule has 2 unspecified atom stereocenters. The Morgan fingerprint density at radius 1 is 0.792 bits per heavy atom. The van der Waals surface area contributed by atoms with Crippen LogP contribution in [0.1, 0.15) is 51.4 Å². The summed E-state index contributed by atoms with van der Waals surface area (Å²) < 4.78 is 0.834. The molecule has 2 atom stereocenters. The fourth-order valence-corrected chi connectivity index (χ4v) is 34.3. The van der Waals surface area contributed by atoms with E-state index in [1.807, 2.05) is 0 Å². The van der Waals surface area contributed by atoms with Crippen molar-refractivity contribution in [2.24, 2.45) is 0 Å². The third-order valence-corrected chi connectivity index (χ3v) is 59.4. The van der Waals surface area contributed by atoms with E-state index in [2.05, 4.69) is 37.4 Å². The normalized spacial score (nSPS) is 31.5. The molecule has 4 aliphatic rings. The molecule has 24 heavy (non-hydrogen) atoms. The molecular weight excluding hydrogens is 430 g/mol. The Bertz CT molecular complexity index is 632. The van der Waals surface area contributed by atoms with Gasteiger partial charge < -0.3 is 0 Å². The van der Waals surface area contributed by atoms with Crippen LogP contribution in [-0.4, -0.2) is 5.92 Å². The molecule has 0 saturated carbocycles. The quantitative estimate of drug-likeness (QED) is 0.385. The minimum atomic E-state index is -3.99. The van der Waals surface area contributed by atoms with E-state index in [9.17, 15) is 0 Å². The Balaban J connectivity index is 1.81. The fraction of sp³-hybridized carbons (Fsp3) is 0.600. The molecule has 4 heteroatoms. The third-order valence-electron chi connectivity index (χ3n) is 7.13. The summed E-state index contributed by atoms with van der Waals surface area (Å²) in [6.45, 7) is 4.88. The van der Waals surface area contributed by atoms with Crippen LogP contribution < -0.4 is 0 Å². The zero-order valence-corrected chi connectivity index (χ0v) is 20.1. The van der Waals surface area contributed by atoms with E-state index in [0.717, 1.165) is 0 Å². The molecule has 0 aromatic heterocycles. The number of halogens is 2. The molecule has 0 N–H and O–H groups in total. The summed E-state index contributed by atoms with van der Waals surface area (Å²) >= 11 is -3.99. The van der Waals surface area contributed by atoms with Crippen LogP contribution in [0.3, 0.4) is 0 Å². The first kappa shape index (κ1) is 18.0. The van der Waals surface area contributed by atoms with Crippen LogP contribution in [0.4, 0.5) is 0 Å². The zero-order valence-electron chi connectivity index (χ0n) is 15.0. The summed E-state index contributed by atoms with van der Waals surface area (Å²) in [6.07, 6.45) is 20.0. The van der Waals surface area contributed by atoms with Crippen LogP contribution in [0.2, 0.25) is 20.3 Å². The first-order chi connectivity index (χ1) is 11.4. The van der Waals surface area contributed by atoms with Gasteiger partial charge in [-0.05, 0) is 0 Å². The summed E-state index contributed by atoms with van der Waals surface area (Å²) in [5.74, 6) is -1.19. The van der Waals surface area contributed by atoms with Crippen molar-refractivity contribution in [3.63, 3.8) is 0 Å². The summed E-state index contributed by atoms with van der Waals surface area (Å²) in [4.78, 5) is 0. The van der Waals surface area contributed by atoms with E-state index in [4.69, 9.17) is 17.0 Å². The molecule has 0 aromatic rings. The summed E-state index contributed by atoms with van der Waals surface area (Å²) in [5, 5.41) is 0. The first-order valence-corrected chi connectivity index (χ1v) is 26.1. The number of allylic oxidation sites excluding steroid dienone is 8. The van der Waals surface area contributed by atoms with Gasteiger partial charge in [0.25, 0.3) is 0 Å². The van der Waals surface area contributed by atoms with Crippen LogP contribution in [0.5, 0.6) is 0 Å². The van der Waals surface area contributed by atoms with Crippen molar-refractivity contribution in [1.82, 2.24) is 0 Å². The van der Waals surface area contributed by atoms with Crippen molar-refractivity contribution in [2.45, 2.75) is 71.7 Å². The molecule has 0 aliphatic heterocycles. The summed E-state index contributed by atoms with van der Waals surface area (Å²) in [5.41, 5.74) is 6.47. The molecular formula is C20H29Cl2SiZr. The van der Waals surface area contributed by atoms with Gasteiger partial charge in [-0.25, -0.2) is 0 Å². The number of rotatable bonds is 3. The molecule has 0 heterocycles. The topological polar surface area (TPSA) is 0 Å². The van der Waals surface area contributed by atoms with E-state index in [1.165, 1.54) is 51.4 Å². The van der Waals surface area contributed by atoms with E-state index in [-0.39, 0.29) is 0 Å². The van der Waals surface area contributed by atoms with Crippen molar-refractivity contribution < 1.29 is 15.6 Å². The van der Waals surface area contributed by atoms with Gasteiger partial charge in [0.05, 0.1) is 0 Å². The molecule has 4 aliphatic carbocycles. The predicted octanol–water partition coefficient (Wildman–Crippen LogP) is 7.42. The number of hydrogen-bond acceptors (Lipinski definition) is 0. The van der Waals surface area contributed by atoms with Crippen LogP contribution in [0.25, 0.3) is 0 Å². The van der Waals surface area contributed by atoms with Gasteiger partial charge in [0.1, 0.15) is 0 Å². The second-order valence-corrected chi connectivity index (χ2v) is 51.3. The van der Waals surface area contributed by atoms with E-state index >= 15 is 0 Å². The maximum absolute atomic E-state index is 7.85. The van der Waals surface area contributed by atoms with Crippen LogP contribution >= 0.6 is 17.0 Å². The molecule has 0 aromatic carbocycles. The van der Waals surface area contributed by atoms with Gasteiger partial charge >= 0.3 is 157 Å². The Morgan fingerprint density at radius 2 is 1.21 bits per heavy atom. The van der Waals surface area contributed by atoms with Gasteiger partial charge in [0.2, 0.25) is 0 Å². The van der Waals surface area contributed by atoms with E-state index < -0.39 is 21.5 Å². The molecule has 0 radical (unpaired) electrons. The standard InChI is InChI=1S/2C9H11.C2H7Si.2ClH.Zr/c2*1-2-5-9-7-3-6-8(9)4-1;1-3-2;;;/h2*3,6-7H,1-2,4-5H2;3H,1-2H3;2*1H;/q;;;;;+2/p-2. The molecule has 0 bridgehead atoms. The molecule has 0 amide bonds. The van der Waals surface area contributed by atoms with Crippen molar-refractivity contribution in [3.8, 4) is 0 Å². The van der Waals surface area contributed by atoms with Crippen LogP contribution in [-0.2, 0) is 15.6 Å². The molecule has 0 saturated heterocycles. The van der Waals surface area contributed by atoms with Crippen molar-refractivity contribution in [2.75, 3.05) is 0 Å². The Labute approximate surface area is 155 Å². The van der Waals surface area contributed by atoms with E-state index in [1.54, 1.807) is 22.3 Å². The fourth-order valence-electron chi connectivity index (χ4n) is 5.60. The maximum atomic E-state index is 7.85. The average Bonchev–Trinajstić information content (AvgIpc) is 3.20. The van der Waals surface area contributed by atoms with Gasteiger partial charge in [0, 0.05) is 0 Å². The molecule has 0 nitrogen and oxygen atoms in total. The van der Waals surface area contributed by atoms with Gasteiger partial charge in [-0.1, -0.05) is 0 Å². The predicted molar refractivity (Wildman–Crippen MR) is 107 cm³/mol. The second kappa shape index (κ2) is 6.36. The molecule has 131 valence electrons. The first-order valence-electron chi connectivity index (χ1n) is 9.80.